The van der Waals surface area contributed by atoms with Gasteiger partial charge >= 0.3 is 0 Å². The zero-order valence-electron chi connectivity index (χ0n) is 14.2. The van der Waals surface area contributed by atoms with E-state index in [1.165, 1.54) is 27.6 Å². The fourth-order valence-electron chi connectivity index (χ4n) is 3.14. The van der Waals surface area contributed by atoms with Crippen molar-refractivity contribution in [2.45, 2.75) is 19.3 Å². The number of pyridine rings is 1. The molecule has 6 nitrogen and oxygen atoms in total. The number of ketones is 1. The molecule has 0 unspecified atom stereocenters. The summed E-state index contributed by atoms with van der Waals surface area (Å²) >= 11 is 2.82. The number of nitriles is 1. The number of carbonyl (C=O) groups excluding carboxylic acids is 2. The molecule has 0 spiro atoms. The first-order valence-electron chi connectivity index (χ1n) is 8.33. The number of hydrogen-bond acceptors (Lipinski definition) is 7. The molecule has 1 aliphatic rings. The standard InChI is InChI=1S/C19H14N4O2S2/c20-9-12-11-27-16(18(12)19-22-6-7-26-19)8-13(24)10-23-15-2-1-5-21-14(15)3-4-17(23)25/h1-2,5-7,11H,3-4,8,10H2. The van der Waals surface area contributed by atoms with E-state index in [9.17, 15) is 14.9 Å². The maximum absolute atomic E-state index is 12.7. The van der Waals surface area contributed by atoms with Gasteiger partial charge in [-0.15, -0.1) is 22.7 Å². The molecule has 0 atom stereocenters. The zero-order chi connectivity index (χ0) is 18.8. The summed E-state index contributed by atoms with van der Waals surface area (Å²) in [6.07, 6.45) is 4.51. The van der Waals surface area contributed by atoms with Crippen molar-refractivity contribution in [2.24, 2.45) is 0 Å². The quantitative estimate of drug-likeness (QED) is 0.663. The van der Waals surface area contributed by atoms with E-state index in [-0.39, 0.29) is 24.7 Å². The lowest BCUT2D eigenvalue weighted by Crippen LogP contribution is -2.39. The van der Waals surface area contributed by atoms with Crippen LogP contribution in [0.5, 0.6) is 0 Å². The largest absolute Gasteiger partial charge is 0.303 e. The first-order chi connectivity index (χ1) is 13.2. The predicted octanol–water partition coefficient (Wildman–Crippen LogP) is 3.23. The Hall–Kier alpha value is -2.89. The summed E-state index contributed by atoms with van der Waals surface area (Å²) in [4.78, 5) is 36.0. The van der Waals surface area contributed by atoms with Gasteiger partial charge < -0.3 is 4.90 Å². The number of thiazole rings is 1. The van der Waals surface area contributed by atoms with Crippen LogP contribution in [-0.4, -0.2) is 28.2 Å². The van der Waals surface area contributed by atoms with Gasteiger partial charge in [-0.1, -0.05) is 0 Å². The molecule has 0 aliphatic carbocycles. The molecule has 0 aromatic carbocycles. The maximum Gasteiger partial charge on any atom is 0.227 e. The van der Waals surface area contributed by atoms with Gasteiger partial charge in [0.05, 0.1) is 23.5 Å². The van der Waals surface area contributed by atoms with Crippen LogP contribution in [0.1, 0.15) is 22.6 Å². The molecule has 3 aromatic rings. The van der Waals surface area contributed by atoms with Crippen molar-refractivity contribution < 1.29 is 9.59 Å². The second-order valence-electron chi connectivity index (χ2n) is 6.06. The average molecular weight is 394 g/mol. The van der Waals surface area contributed by atoms with Gasteiger partial charge in [-0.25, -0.2) is 4.98 Å². The van der Waals surface area contributed by atoms with Crippen LogP contribution in [0.3, 0.4) is 0 Å². The molecule has 1 aliphatic heterocycles. The Morgan fingerprint density at radius 3 is 2.93 bits per heavy atom. The first-order valence-corrected chi connectivity index (χ1v) is 10.1. The minimum Gasteiger partial charge on any atom is -0.303 e. The summed E-state index contributed by atoms with van der Waals surface area (Å²) in [6.45, 7) is 0.00855. The number of rotatable bonds is 5. The SMILES string of the molecule is N#Cc1csc(CC(=O)CN2C(=O)CCc3ncccc32)c1-c1nccs1. The van der Waals surface area contributed by atoms with Crippen LogP contribution < -0.4 is 4.90 Å². The fourth-order valence-corrected chi connectivity index (χ4v) is 4.93. The summed E-state index contributed by atoms with van der Waals surface area (Å²) in [6, 6.07) is 5.77. The summed E-state index contributed by atoms with van der Waals surface area (Å²) in [7, 11) is 0. The van der Waals surface area contributed by atoms with E-state index in [0.29, 0.717) is 24.1 Å². The lowest BCUT2D eigenvalue weighted by atomic mass is 10.0. The Morgan fingerprint density at radius 2 is 2.15 bits per heavy atom. The third kappa shape index (κ3) is 3.39. The molecule has 4 rings (SSSR count). The van der Waals surface area contributed by atoms with Crippen LogP contribution in [0.15, 0.2) is 35.3 Å². The van der Waals surface area contributed by atoms with Crippen molar-refractivity contribution in [3.8, 4) is 16.6 Å². The zero-order valence-corrected chi connectivity index (χ0v) is 15.8. The number of carbonyl (C=O) groups is 2. The van der Waals surface area contributed by atoms with E-state index in [1.54, 1.807) is 23.8 Å². The number of hydrogen-bond donors (Lipinski definition) is 0. The Kier molecular flexibility index (Phi) is 4.79. The van der Waals surface area contributed by atoms with Gasteiger partial charge in [-0.05, 0) is 12.1 Å². The summed E-state index contributed by atoms with van der Waals surface area (Å²) in [5, 5.41) is 13.7. The van der Waals surface area contributed by atoms with Crippen LogP contribution in [0, 0.1) is 11.3 Å². The Balaban J connectivity index is 1.57. The minimum absolute atomic E-state index is 0.00855. The van der Waals surface area contributed by atoms with E-state index in [4.69, 9.17) is 0 Å². The van der Waals surface area contributed by atoms with Crippen LogP contribution in [0.4, 0.5) is 5.69 Å². The number of thiophene rings is 1. The van der Waals surface area contributed by atoms with Crippen molar-refractivity contribution in [3.63, 3.8) is 0 Å². The summed E-state index contributed by atoms with van der Waals surface area (Å²) in [5.74, 6) is -0.142. The summed E-state index contributed by atoms with van der Waals surface area (Å²) in [5.41, 5.74) is 2.82. The molecular weight excluding hydrogens is 380 g/mol. The van der Waals surface area contributed by atoms with Crippen LogP contribution in [0.25, 0.3) is 10.6 Å². The summed E-state index contributed by atoms with van der Waals surface area (Å²) < 4.78 is 0. The van der Waals surface area contributed by atoms with Gasteiger partial charge in [0.2, 0.25) is 5.91 Å². The van der Waals surface area contributed by atoms with E-state index >= 15 is 0 Å². The van der Waals surface area contributed by atoms with Gasteiger partial charge in [0.15, 0.2) is 5.78 Å². The lowest BCUT2D eigenvalue weighted by Gasteiger charge is -2.27. The van der Waals surface area contributed by atoms with Gasteiger partial charge in [-0.2, -0.15) is 5.26 Å². The third-order valence-electron chi connectivity index (χ3n) is 4.36. The molecule has 0 fully saturated rings. The fraction of sp³-hybridized carbons (Fsp3) is 0.211. The molecule has 0 N–H and O–H groups in total. The van der Waals surface area contributed by atoms with Crippen LogP contribution in [0.2, 0.25) is 0 Å². The predicted molar refractivity (Wildman–Crippen MR) is 104 cm³/mol. The van der Waals surface area contributed by atoms with Gasteiger partial charge in [-0.3, -0.25) is 14.6 Å². The van der Waals surface area contributed by atoms with E-state index < -0.39 is 0 Å². The average Bonchev–Trinajstić information content (AvgIpc) is 3.33. The number of amides is 1. The molecule has 1 amide bonds. The Bertz CT molecular complexity index is 1050. The van der Waals surface area contributed by atoms with E-state index in [0.717, 1.165) is 21.1 Å². The van der Waals surface area contributed by atoms with Crippen molar-refractivity contribution in [3.05, 3.63) is 51.4 Å². The lowest BCUT2D eigenvalue weighted by molar-refractivity contribution is -0.122. The number of Topliss-reactive ketones (excluding diaryl/α,β-unsaturated/α-hetero) is 1. The van der Waals surface area contributed by atoms with E-state index in [1.807, 2.05) is 11.4 Å². The molecule has 3 aromatic heterocycles. The third-order valence-corrected chi connectivity index (χ3v) is 6.14. The highest BCUT2D eigenvalue weighted by atomic mass is 32.1. The smallest absolute Gasteiger partial charge is 0.227 e. The molecule has 0 radical (unpaired) electrons. The first kappa shape index (κ1) is 17.5. The van der Waals surface area contributed by atoms with Crippen molar-refractivity contribution in [2.75, 3.05) is 11.4 Å². The minimum atomic E-state index is -0.0794. The molecule has 0 saturated carbocycles. The van der Waals surface area contributed by atoms with Crippen LogP contribution in [-0.2, 0) is 22.4 Å². The highest BCUT2D eigenvalue weighted by Gasteiger charge is 2.27. The van der Waals surface area contributed by atoms with Crippen molar-refractivity contribution in [1.82, 2.24) is 9.97 Å². The Labute approximate surface area is 163 Å². The Morgan fingerprint density at radius 1 is 1.26 bits per heavy atom. The van der Waals surface area contributed by atoms with Crippen molar-refractivity contribution >= 4 is 40.1 Å². The van der Waals surface area contributed by atoms with Gasteiger partial charge in [0.25, 0.3) is 0 Å². The van der Waals surface area contributed by atoms with Gasteiger partial charge in [0, 0.05) is 52.9 Å². The second kappa shape index (κ2) is 7.39. The van der Waals surface area contributed by atoms with E-state index in [2.05, 4.69) is 16.0 Å². The number of anilines is 1. The molecular formula is C19H14N4O2S2. The normalized spacial score (nSPS) is 13.3. The highest BCUT2D eigenvalue weighted by molar-refractivity contribution is 7.14. The molecule has 134 valence electrons. The monoisotopic (exact) mass is 394 g/mol. The molecule has 0 bridgehead atoms. The topological polar surface area (TPSA) is 87.0 Å². The van der Waals surface area contributed by atoms with Gasteiger partial charge in [0.1, 0.15) is 11.1 Å². The number of aromatic nitrogens is 2. The molecule has 0 saturated heterocycles. The van der Waals surface area contributed by atoms with Crippen LogP contribution >= 0.6 is 22.7 Å². The highest BCUT2D eigenvalue weighted by Crippen LogP contribution is 2.34. The molecule has 8 heteroatoms. The molecule has 4 heterocycles. The number of aryl methyl sites for hydroxylation is 1. The number of nitrogens with zero attached hydrogens (tertiary/aromatic N) is 4. The molecule has 27 heavy (non-hydrogen) atoms. The maximum atomic E-state index is 12.7. The van der Waals surface area contributed by atoms with Crippen molar-refractivity contribution in [1.29, 1.82) is 5.26 Å². The second-order valence-corrected chi connectivity index (χ2v) is 7.92. The number of fused-ring (bicyclic) bond motifs is 1.